The molecule has 1 N–H and O–H groups in total. The van der Waals surface area contributed by atoms with Crippen molar-refractivity contribution >= 4 is 0 Å². The van der Waals surface area contributed by atoms with Crippen LogP contribution in [0.4, 0.5) is 22.0 Å². The number of benzene rings is 1. The molecule has 0 spiro atoms. The van der Waals surface area contributed by atoms with Crippen LogP contribution < -0.4 is 10.1 Å². The minimum absolute atomic E-state index is 0.0195. The molecular weight excluding hydrogens is 295 g/mol. The van der Waals surface area contributed by atoms with Crippen LogP contribution in [0.15, 0.2) is 24.3 Å². The minimum atomic E-state index is -4.43. The zero-order valence-corrected chi connectivity index (χ0v) is 11.0. The van der Waals surface area contributed by atoms with Crippen molar-refractivity contribution < 1.29 is 26.7 Å². The largest absolute Gasteiger partial charge is 0.435 e. The van der Waals surface area contributed by atoms with Gasteiger partial charge in [-0.25, -0.2) is 0 Å². The molecule has 3 nitrogen and oxygen atoms in total. The smallest absolute Gasteiger partial charge is 0.408 e. The molecule has 2 rings (SSSR count). The predicted molar refractivity (Wildman–Crippen MR) is 66.3 cm³/mol. The molecule has 0 bridgehead atoms. The number of hydrogen-bond donors (Lipinski definition) is 1. The van der Waals surface area contributed by atoms with Crippen molar-refractivity contribution in [1.29, 1.82) is 0 Å². The third-order valence-corrected chi connectivity index (χ3v) is 3.25. The fourth-order valence-corrected chi connectivity index (χ4v) is 2.38. The number of piperazine rings is 1. The zero-order valence-electron chi connectivity index (χ0n) is 11.0. The Labute approximate surface area is 118 Å². The summed E-state index contributed by atoms with van der Waals surface area (Å²) in [5.41, 5.74) is 0.0195. The number of alkyl halides is 5. The van der Waals surface area contributed by atoms with E-state index in [1.54, 1.807) is 0 Å². The van der Waals surface area contributed by atoms with Gasteiger partial charge >= 0.3 is 12.8 Å². The van der Waals surface area contributed by atoms with E-state index in [9.17, 15) is 22.0 Å². The first-order chi connectivity index (χ1) is 9.88. The summed E-state index contributed by atoms with van der Waals surface area (Å²) >= 11 is 0. The first-order valence-electron chi connectivity index (χ1n) is 6.44. The van der Waals surface area contributed by atoms with Crippen molar-refractivity contribution in [3.8, 4) is 5.75 Å². The zero-order chi connectivity index (χ0) is 15.5. The lowest BCUT2D eigenvalue weighted by atomic mass is 10.0. The first kappa shape index (κ1) is 16.0. The van der Waals surface area contributed by atoms with Gasteiger partial charge in [-0.15, -0.1) is 0 Å². The summed E-state index contributed by atoms with van der Waals surface area (Å²) in [4.78, 5) is 1.33. The summed E-state index contributed by atoms with van der Waals surface area (Å²) in [5.74, 6) is -0.157. The normalized spacial score (nSPS) is 18.8. The van der Waals surface area contributed by atoms with Crippen molar-refractivity contribution in [3.05, 3.63) is 29.8 Å². The van der Waals surface area contributed by atoms with Gasteiger partial charge in [-0.05, 0) is 17.7 Å². The summed E-state index contributed by atoms with van der Waals surface area (Å²) in [6.07, 6.45) is -4.43. The van der Waals surface area contributed by atoms with Crippen LogP contribution in [-0.4, -0.2) is 43.9 Å². The standard InChI is InChI=1S/C13H15F5N2O/c14-12(15)21-10-3-1-9(2-4-10)11(13(16,17)18)20-7-5-19-6-8-20/h1-4,11-12,19H,5-8H2/t11-/m1/s1. The minimum Gasteiger partial charge on any atom is -0.435 e. The van der Waals surface area contributed by atoms with Crippen LogP contribution in [0.1, 0.15) is 11.6 Å². The molecule has 1 atom stereocenters. The molecule has 1 saturated heterocycles. The molecular formula is C13H15F5N2O. The van der Waals surface area contributed by atoms with Gasteiger partial charge in [0.2, 0.25) is 0 Å². The Morgan fingerprint density at radius 3 is 2.10 bits per heavy atom. The van der Waals surface area contributed by atoms with Crippen molar-refractivity contribution in [3.63, 3.8) is 0 Å². The second kappa shape index (κ2) is 6.57. The lowest BCUT2D eigenvalue weighted by Gasteiger charge is -2.36. The highest BCUT2D eigenvalue weighted by molar-refractivity contribution is 5.30. The quantitative estimate of drug-likeness (QED) is 0.866. The Morgan fingerprint density at radius 1 is 1.05 bits per heavy atom. The molecule has 1 aromatic carbocycles. The summed E-state index contributed by atoms with van der Waals surface area (Å²) in [7, 11) is 0. The summed E-state index contributed by atoms with van der Waals surface area (Å²) in [6, 6.07) is 2.88. The second-order valence-corrected chi connectivity index (χ2v) is 4.68. The maximum Gasteiger partial charge on any atom is 0.408 e. The van der Waals surface area contributed by atoms with Gasteiger partial charge in [0, 0.05) is 26.2 Å². The van der Waals surface area contributed by atoms with Crippen LogP contribution in [0, 0.1) is 0 Å². The van der Waals surface area contributed by atoms with E-state index in [1.165, 1.54) is 17.0 Å². The van der Waals surface area contributed by atoms with Gasteiger partial charge in [0.15, 0.2) is 0 Å². The highest BCUT2D eigenvalue weighted by atomic mass is 19.4. The summed E-state index contributed by atoms with van der Waals surface area (Å²) < 4.78 is 68.1. The highest BCUT2D eigenvalue weighted by Gasteiger charge is 2.44. The van der Waals surface area contributed by atoms with Gasteiger partial charge in [0.1, 0.15) is 11.8 Å². The van der Waals surface area contributed by atoms with Crippen molar-refractivity contribution in [2.75, 3.05) is 26.2 Å². The highest BCUT2D eigenvalue weighted by Crippen LogP contribution is 2.38. The van der Waals surface area contributed by atoms with Gasteiger partial charge in [0.25, 0.3) is 0 Å². The van der Waals surface area contributed by atoms with Crippen molar-refractivity contribution in [2.24, 2.45) is 0 Å². The molecule has 0 radical (unpaired) electrons. The third kappa shape index (κ3) is 4.28. The second-order valence-electron chi connectivity index (χ2n) is 4.68. The SMILES string of the molecule is FC(F)Oc1ccc([C@@H](N2CCNCC2)C(F)(F)F)cc1. The van der Waals surface area contributed by atoms with E-state index in [1.807, 2.05) is 0 Å². The molecule has 118 valence electrons. The Bertz CT molecular complexity index is 443. The van der Waals surface area contributed by atoms with Crippen LogP contribution in [0.3, 0.4) is 0 Å². The number of halogens is 5. The molecule has 8 heteroatoms. The van der Waals surface area contributed by atoms with E-state index in [4.69, 9.17) is 0 Å². The fourth-order valence-electron chi connectivity index (χ4n) is 2.38. The number of ether oxygens (including phenoxy) is 1. The van der Waals surface area contributed by atoms with Crippen LogP contribution in [0.25, 0.3) is 0 Å². The van der Waals surface area contributed by atoms with Gasteiger partial charge in [-0.3, -0.25) is 4.90 Å². The molecule has 0 amide bonds. The van der Waals surface area contributed by atoms with Crippen LogP contribution >= 0.6 is 0 Å². The average Bonchev–Trinajstić information content (AvgIpc) is 2.40. The Kier molecular flexibility index (Phi) is 5.00. The maximum absolute atomic E-state index is 13.3. The van der Waals surface area contributed by atoms with Crippen molar-refractivity contribution in [2.45, 2.75) is 18.8 Å². The number of nitrogens with one attached hydrogen (secondary N) is 1. The topological polar surface area (TPSA) is 24.5 Å². The molecule has 1 aliphatic heterocycles. The Hall–Kier alpha value is -1.41. The van der Waals surface area contributed by atoms with Crippen LogP contribution in [0.2, 0.25) is 0 Å². The molecule has 0 aromatic heterocycles. The van der Waals surface area contributed by atoms with E-state index in [-0.39, 0.29) is 24.4 Å². The molecule has 0 saturated carbocycles. The number of hydrogen-bond acceptors (Lipinski definition) is 3. The summed E-state index contributed by atoms with van der Waals surface area (Å²) in [5, 5.41) is 2.99. The Balaban J connectivity index is 2.20. The predicted octanol–water partition coefficient (Wildman–Crippen LogP) is 2.80. The average molecular weight is 310 g/mol. The van der Waals surface area contributed by atoms with E-state index in [2.05, 4.69) is 10.1 Å². The van der Waals surface area contributed by atoms with E-state index < -0.39 is 18.8 Å². The monoisotopic (exact) mass is 310 g/mol. The van der Waals surface area contributed by atoms with E-state index >= 15 is 0 Å². The van der Waals surface area contributed by atoms with E-state index in [0.717, 1.165) is 12.1 Å². The van der Waals surface area contributed by atoms with E-state index in [0.29, 0.717) is 13.1 Å². The third-order valence-electron chi connectivity index (χ3n) is 3.25. The van der Waals surface area contributed by atoms with Gasteiger partial charge in [-0.2, -0.15) is 22.0 Å². The molecule has 21 heavy (non-hydrogen) atoms. The molecule has 1 fully saturated rings. The van der Waals surface area contributed by atoms with Crippen LogP contribution in [0.5, 0.6) is 5.75 Å². The molecule has 1 aliphatic rings. The fraction of sp³-hybridized carbons (Fsp3) is 0.538. The molecule has 0 aliphatic carbocycles. The molecule has 0 unspecified atom stereocenters. The Morgan fingerprint density at radius 2 is 1.62 bits per heavy atom. The summed E-state index contributed by atoms with van der Waals surface area (Å²) in [6.45, 7) is -1.47. The first-order valence-corrected chi connectivity index (χ1v) is 6.44. The lowest BCUT2D eigenvalue weighted by molar-refractivity contribution is -0.187. The van der Waals surface area contributed by atoms with Crippen LogP contribution in [-0.2, 0) is 0 Å². The van der Waals surface area contributed by atoms with Gasteiger partial charge in [0.05, 0.1) is 0 Å². The molecule has 1 heterocycles. The maximum atomic E-state index is 13.3. The van der Waals surface area contributed by atoms with Crippen molar-refractivity contribution in [1.82, 2.24) is 10.2 Å². The van der Waals surface area contributed by atoms with Gasteiger partial charge in [-0.1, -0.05) is 12.1 Å². The number of rotatable bonds is 4. The lowest BCUT2D eigenvalue weighted by Crippen LogP contribution is -2.49. The molecule has 1 aromatic rings. The van der Waals surface area contributed by atoms with Gasteiger partial charge < -0.3 is 10.1 Å². The number of nitrogens with zero attached hydrogens (tertiary/aromatic N) is 1.